The summed E-state index contributed by atoms with van der Waals surface area (Å²) in [6.45, 7) is 8.10. The van der Waals surface area contributed by atoms with Crippen LogP contribution in [0, 0.1) is 0 Å². The molecule has 0 aliphatic heterocycles. The fourth-order valence-electron chi connectivity index (χ4n) is 1.23. The van der Waals surface area contributed by atoms with Crippen molar-refractivity contribution in [3.05, 3.63) is 41.3 Å². The summed E-state index contributed by atoms with van der Waals surface area (Å²) in [5, 5.41) is 5.76. The molecule has 5 nitrogen and oxygen atoms in total. The third kappa shape index (κ3) is 3.89. The summed E-state index contributed by atoms with van der Waals surface area (Å²) in [4.78, 5) is 17.4. The van der Waals surface area contributed by atoms with Crippen LogP contribution >= 0.6 is 11.3 Å². The average Bonchev–Trinajstić information content (AvgIpc) is 2.82. The molecular formula is C12H18N4OS. The summed E-state index contributed by atoms with van der Waals surface area (Å²) in [5.74, 6) is 0.407. The number of carbonyl (C=O) groups excluding carboxylic acids is 1. The molecule has 0 aliphatic rings. The lowest BCUT2D eigenvalue weighted by atomic mass is 10.2. The molecule has 1 aromatic heterocycles. The molecule has 1 rings (SSSR count). The number of nitrogens with one attached hydrogen (secondary N) is 1. The van der Waals surface area contributed by atoms with Crippen molar-refractivity contribution in [3.8, 4) is 0 Å². The molecule has 3 N–H and O–H groups in total. The van der Waals surface area contributed by atoms with E-state index in [0.717, 1.165) is 10.7 Å². The Morgan fingerprint density at radius 2 is 2.44 bits per heavy atom. The first-order valence-electron chi connectivity index (χ1n) is 5.60. The summed E-state index contributed by atoms with van der Waals surface area (Å²) in [6, 6.07) is -0.286. The van der Waals surface area contributed by atoms with Crippen molar-refractivity contribution in [1.29, 1.82) is 0 Å². The van der Waals surface area contributed by atoms with Crippen molar-refractivity contribution in [1.82, 2.24) is 15.2 Å². The topological polar surface area (TPSA) is 71.2 Å². The lowest BCUT2D eigenvalue weighted by Gasteiger charge is -2.12. The largest absolute Gasteiger partial charge is 0.403 e. The van der Waals surface area contributed by atoms with Gasteiger partial charge in [-0.25, -0.2) is 9.78 Å². The summed E-state index contributed by atoms with van der Waals surface area (Å²) >= 11 is 1.60. The first-order valence-corrected chi connectivity index (χ1v) is 6.47. The van der Waals surface area contributed by atoms with E-state index < -0.39 is 0 Å². The molecule has 0 fully saturated rings. The molecule has 0 aromatic carbocycles. The van der Waals surface area contributed by atoms with Gasteiger partial charge in [-0.15, -0.1) is 11.3 Å². The van der Waals surface area contributed by atoms with Crippen molar-refractivity contribution in [3.63, 3.8) is 0 Å². The number of nitrogens with two attached hydrogens (primary N) is 1. The zero-order chi connectivity index (χ0) is 13.5. The highest BCUT2D eigenvalue weighted by Crippen LogP contribution is 2.18. The standard InChI is InChI=1S/C12H18N4OS/c1-4-16(6-5-13)12(17)14-7-10-8-18-11(15-10)9(2)3/h4-6,8-9H,1,7,13H2,2-3H3,(H,14,17)/b6-5-. The van der Waals surface area contributed by atoms with Crippen LogP contribution < -0.4 is 11.1 Å². The first-order chi connectivity index (χ1) is 8.58. The van der Waals surface area contributed by atoms with Gasteiger partial charge in [0, 0.05) is 29.9 Å². The normalized spacial score (nSPS) is 10.8. The van der Waals surface area contributed by atoms with Crippen LogP contribution in [0.3, 0.4) is 0 Å². The SMILES string of the molecule is C=CN(/C=C\N)C(=O)NCc1csc(C(C)C)n1. The molecule has 98 valence electrons. The highest BCUT2D eigenvalue weighted by Gasteiger charge is 2.09. The van der Waals surface area contributed by atoms with Crippen molar-refractivity contribution in [2.75, 3.05) is 0 Å². The van der Waals surface area contributed by atoms with E-state index in [9.17, 15) is 4.79 Å². The Labute approximate surface area is 111 Å². The Kier molecular flexibility index (Phi) is 5.38. The lowest BCUT2D eigenvalue weighted by Crippen LogP contribution is -2.32. The number of carbonyl (C=O) groups is 1. The van der Waals surface area contributed by atoms with E-state index in [0.29, 0.717) is 12.5 Å². The Balaban J connectivity index is 2.53. The predicted molar refractivity (Wildman–Crippen MR) is 73.8 cm³/mol. The molecule has 0 radical (unpaired) electrons. The number of amides is 2. The molecule has 0 spiro atoms. The molecular weight excluding hydrogens is 248 g/mol. The van der Waals surface area contributed by atoms with Gasteiger partial charge in [0.2, 0.25) is 0 Å². The van der Waals surface area contributed by atoms with Crippen molar-refractivity contribution in [2.24, 2.45) is 5.73 Å². The molecule has 0 atom stereocenters. The summed E-state index contributed by atoms with van der Waals surface area (Å²) in [7, 11) is 0. The van der Waals surface area contributed by atoms with Crippen LogP contribution in [0.5, 0.6) is 0 Å². The monoisotopic (exact) mass is 266 g/mol. The summed E-state index contributed by atoms with van der Waals surface area (Å²) in [5.41, 5.74) is 6.09. The first kappa shape index (κ1) is 14.2. The second-order valence-corrected chi connectivity index (χ2v) is 4.81. The molecule has 0 saturated carbocycles. The van der Waals surface area contributed by atoms with E-state index in [2.05, 4.69) is 30.7 Å². The molecule has 0 unspecified atom stereocenters. The predicted octanol–water partition coefficient (Wildman–Crippen LogP) is 2.35. The van der Waals surface area contributed by atoms with Gasteiger partial charge in [0.1, 0.15) is 0 Å². The van der Waals surface area contributed by atoms with Crippen LogP contribution in [0.4, 0.5) is 4.79 Å². The zero-order valence-electron chi connectivity index (χ0n) is 10.6. The summed E-state index contributed by atoms with van der Waals surface area (Å²) in [6.07, 6.45) is 4.10. The van der Waals surface area contributed by atoms with Gasteiger partial charge in [0.25, 0.3) is 0 Å². The Bertz CT molecular complexity index is 439. The second kappa shape index (κ2) is 6.80. The number of aromatic nitrogens is 1. The number of hydrogen-bond donors (Lipinski definition) is 2. The molecule has 18 heavy (non-hydrogen) atoms. The van der Waals surface area contributed by atoms with E-state index in [1.165, 1.54) is 23.5 Å². The van der Waals surface area contributed by atoms with Gasteiger partial charge in [0.05, 0.1) is 17.2 Å². The summed E-state index contributed by atoms with van der Waals surface area (Å²) < 4.78 is 0. The molecule has 0 saturated heterocycles. The fraction of sp³-hybridized carbons (Fsp3) is 0.333. The highest BCUT2D eigenvalue weighted by atomic mass is 32.1. The number of urea groups is 1. The van der Waals surface area contributed by atoms with Crippen molar-refractivity contribution < 1.29 is 4.79 Å². The Morgan fingerprint density at radius 1 is 1.72 bits per heavy atom. The van der Waals surface area contributed by atoms with E-state index in [4.69, 9.17) is 5.73 Å². The van der Waals surface area contributed by atoms with E-state index in [1.807, 2.05) is 5.38 Å². The second-order valence-electron chi connectivity index (χ2n) is 3.92. The minimum absolute atomic E-state index is 0.286. The molecule has 6 heteroatoms. The van der Waals surface area contributed by atoms with Gasteiger partial charge in [-0.2, -0.15) is 0 Å². The smallest absolute Gasteiger partial charge is 0.325 e. The molecule has 2 amide bonds. The Hall–Kier alpha value is -1.82. The molecule has 0 aliphatic carbocycles. The van der Waals surface area contributed by atoms with E-state index >= 15 is 0 Å². The van der Waals surface area contributed by atoms with Crippen LogP contribution in [0.25, 0.3) is 0 Å². The molecule has 1 heterocycles. The van der Waals surface area contributed by atoms with Crippen LogP contribution in [-0.4, -0.2) is 15.9 Å². The van der Waals surface area contributed by atoms with Crippen LogP contribution in [0.15, 0.2) is 30.6 Å². The number of nitrogens with zero attached hydrogens (tertiary/aromatic N) is 2. The fourth-order valence-corrected chi connectivity index (χ4v) is 2.07. The van der Waals surface area contributed by atoms with Crippen molar-refractivity contribution >= 4 is 17.4 Å². The van der Waals surface area contributed by atoms with Gasteiger partial charge in [-0.1, -0.05) is 20.4 Å². The van der Waals surface area contributed by atoms with Crippen molar-refractivity contribution in [2.45, 2.75) is 26.3 Å². The minimum atomic E-state index is -0.286. The van der Waals surface area contributed by atoms with Gasteiger partial charge in [-0.05, 0) is 0 Å². The van der Waals surface area contributed by atoms with Gasteiger partial charge in [0.15, 0.2) is 0 Å². The highest BCUT2D eigenvalue weighted by molar-refractivity contribution is 7.09. The number of thiazole rings is 1. The minimum Gasteiger partial charge on any atom is -0.403 e. The van der Waals surface area contributed by atoms with Gasteiger partial charge < -0.3 is 11.1 Å². The van der Waals surface area contributed by atoms with Crippen LogP contribution in [0.2, 0.25) is 0 Å². The Morgan fingerprint density at radius 3 is 2.94 bits per heavy atom. The maximum absolute atomic E-state index is 11.7. The third-order valence-corrected chi connectivity index (χ3v) is 3.36. The molecule has 0 bridgehead atoms. The van der Waals surface area contributed by atoms with E-state index in [1.54, 1.807) is 11.3 Å². The third-order valence-electron chi connectivity index (χ3n) is 2.16. The zero-order valence-corrected chi connectivity index (χ0v) is 11.4. The average molecular weight is 266 g/mol. The quantitative estimate of drug-likeness (QED) is 0.859. The van der Waals surface area contributed by atoms with E-state index in [-0.39, 0.29) is 6.03 Å². The van der Waals surface area contributed by atoms with Gasteiger partial charge >= 0.3 is 6.03 Å². The van der Waals surface area contributed by atoms with Crippen LogP contribution in [0.1, 0.15) is 30.5 Å². The number of rotatable bonds is 5. The maximum atomic E-state index is 11.7. The lowest BCUT2D eigenvalue weighted by molar-refractivity contribution is 0.226. The maximum Gasteiger partial charge on any atom is 0.325 e. The van der Waals surface area contributed by atoms with Gasteiger partial charge in [-0.3, -0.25) is 4.90 Å². The number of hydrogen-bond acceptors (Lipinski definition) is 4. The van der Waals surface area contributed by atoms with Crippen LogP contribution in [-0.2, 0) is 6.54 Å². The molecule has 1 aromatic rings.